The number of aromatic nitrogens is 4. The first-order chi connectivity index (χ1) is 10.2. The summed E-state index contributed by atoms with van der Waals surface area (Å²) < 4.78 is 0. The highest BCUT2D eigenvalue weighted by Crippen LogP contribution is 2.26. The molecule has 21 heavy (non-hydrogen) atoms. The molecule has 110 valence electrons. The Hall–Kier alpha value is -2.24. The summed E-state index contributed by atoms with van der Waals surface area (Å²) in [5.41, 5.74) is 2.31. The number of rotatable bonds is 4. The molecule has 0 saturated carbocycles. The quantitative estimate of drug-likeness (QED) is 0.853. The van der Waals surface area contributed by atoms with Gasteiger partial charge in [0, 0.05) is 44.4 Å². The minimum absolute atomic E-state index is 0.789. The number of hydrogen-bond donors (Lipinski definition) is 0. The molecule has 0 spiro atoms. The van der Waals surface area contributed by atoms with Crippen molar-refractivity contribution in [3.63, 3.8) is 0 Å². The summed E-state index contributed by atoms with van der Waals surface area (Å²) in [7, 11) is 2.03. The monoisotopic (exact) mass is 284 g/mol. The van der Waals surface area contributed by atoms with Gasteiger partial charge in [0.05, 0.1) is 12.2 Å². The number of nitrogens with zero attached hydrogens (tertiary/aromatic N) is 6. The highest BCUT2D eigenvalue weighted by Gasteiger charge is 2.22. The smallest absolute Gasteiger partial charge is 0.134 e. The van der Waals surface area contributed by atoms with E-state index in [2.05, 4.69) is 43.6 Å². The van der Waals surface area contributed by atoms with E-state index >= 15 is 0 Å². The molecule has 0 amide bonds. The van der Waals surface area contributed by atoms with Crippen LogP contribution in [0.3, 0.4) is 0 Å². The number of aryl methyl sites for hydroxylation is 1. The standard InChI is InChI=1S/C15H20N6/c1-4-13-16-7-11-8-21(9-12(11)19-13)15-6-14(17-10-18-15)20(3)5-2/h6-7,10H,4-5,8-9H2,1-3H3. The third-order valence-corrected chi connectivity index (χ3v) is 3.85. The van der Waals surface area contributed by atoms with Gasteiger partial charge in [-0.2, -0.15) is 0 Å². The summed E-state index contributed by atoms with van der Waals surface area (Å²) in [6, 6.07) is 2.03. The fourth-order valence-corrected chi connectivity index (χ4v) is 2.41. The van der Waals surface area contributed by atoms with Gasteiger partial charge in [0.25, 0.3) is 0 Å². The second-order valence-corrected chi connectivity index (χ2v) is 5.22. The van der Waals surface area contributed by atoms with Crippen molar-refractivity contribution in [3.05, 3.63) is 35.7 Å². The Morgan fingerprint density at radius 1 is 1.19 bits per heavy atom. The fraction of sp³-hybridized carbons (Fsp3) is 0.467. The molecule has 1 aliphatic heterocycles. The van der Waals surface area contributed by atoms with Crippen LogP contribution in [-0.4, -0.2) is 33.5 Å². The van der Waals surface area contributed by atoms with Gasteiger partial charge in [-0.25, -0.2) is 19.9 Å². The van der Waals surface area contributed by atoms with Crippen molar-refractivity contribution in [2.45, 2.75) is 33.4 Å². The summed E-state index contributed by atoms with van der Waals surface area (Å²) in [5, 5.41) is 0. The maximum Gasteiger partial charge on any atom is 0.134 e. The Morgan fingerprint density at radius 3 is 2.81 bits per heavy atom. The molecular weight excluding hydrogens is 264 g/mol. The highest BCUT2D eigenvalue weighted by atomic mass is 15.2. The molecule has 2 aromatic heterocycles. The first kappa shape index (κ1) is 13.7. The molecule has 2 aromatic rings. The van der Waals surface area contributed by atoms with E-state index in [-0.39, 0.29) is 0 Å². The molecule has 1 aliphatic rings. The Balaban J connectivity index is 1.84. The van der Waals surface area contributed by atoms with Crippen LogP contribution >= 0.6 is 0 Å². The van der Waals surface area contributed by atoms with Gasteiger partial charge in [0.2, 0.25) is 0 Å². The Labute approximate surface area is 124 Å². The summed E-state index contributed by atoms with van der Waals surface area (Å²) in [5.74, 6) is 2.79. The highest BCUT2D eigenvalue weighted by molar-refractivity contribution is 5.52. The van der Waals surface area contributed by atoms with Gasteiger partial charge < -0.3 is 9.80 Å². The number of hydrogen-bond acceptors (Lipinski definition) is 6. The van der Waals surface area contributed by atoms with Crippen molar-refractivity contribution in [2.75, 3.05) is 23.4 Å². The van der Waals surface area contributed by atoms with Crippen LogP contribution in [0.2, 0.25) is 0 Å². The van der Waals surface area contributed by atoms with Crippen LogP contribution in [0.25, 0.3) is 0 Å². The summed E-state index contributed by atoms with van der Waals surface area (Å²) in [4.78, 5) is 22.0. The molecular formula is C15H20N6. The van der Waals surface area contributed by atoms with Crippen LogP contribution < -0.4 is 9.80 Å². The van der Waals surface area contributed by atoms with E-state index < -0.39 is 0 Å². The Morgan fingerprint density at radius 2 is 2.05 bits per heavy atom. The van der Waals surface area contributed by atoms with Crippen LogP contribution in [0.15, 0.2) is 18.6 Å². The van der Waals surface area contributed by atoms with Gasteiger partial charge in [-0.05, 0) is 6.92 Å². The predicted molar refractivity (Wildman–Crippen MR) is 82.3 cm³/mol. The van der Waals surface area contributed by atoms with E-state index in [1.165, 1.54) is 5.56 Å². The van der Waals surface area contributed by atoms with Gasteiger partial charge in [-0.15, -0.1) is 0 Å². The summed E-state index contributed by atoms with van der Waals surface area (Å²) in [6.45, 7) is 6.70. The fourth-order valence-electron chi connectivity index (χ4n) is 2.41. The van der Waals surface area contributed by atoms with Gasteiger partial charge >= 0.3 is 0 Å². The molecule has 6 nitrogen and oxygen atoms in total. The normalized spacial score (nSPS) is 13.4. The predicted octanol–water partition coefficient (Wildman–Crippen LogP) is 1.81. The van der Waals surface area contributed by atoms with E-state index in [4.69, 9.17) is 0 Å². The molecule has 0 saturated heterocycles. The Bertz CT molecular complexity index is 642. The molecule has 3 heterocycles. The maximum absolute atomic E-state index is 4.61. The molecule has 0 atom stereocenters. The molecule has 0 radical (unpaired) electrons. The lowest BCUT2D eigenvalue weighted by Gasteiger charge is -2.20. The summed E-state index contributed by atoms with van der Waals surface area (Å²) >= 11 is 0. The van der Waals surface area contributed by atoms with Crippen molar-refractivity contribution < 1.29 is 0 Å². The molecule has 0 fully saturated rings. The van der Waals surface area contributed by atoms with Crippen LogP contribution in [0.4, 0.5) is 11.6 Å². The maximum atomic E-state index is 4.61. The summed E-state index contributed by atoms with van der Waals surface area (Å²) in [6.07, 6.45) is 4.44. The first-order valence-corrected chi connectivity index (χ1v) is 7.33. The first-order valence-electron chi connectivity index (χ1n) is 7.33. The van der Waals surface area contributed by atoms with E-state index in [1.807, 2.05) is 19.3 Å². The lowest BCUT2D eigenvalue weighted by atomic mass is 10.3. The average Bonchev–Trinajstić information content (AvgIpc) is 2.97. The topological polar surface area (TPSA) is 58.0 Å². The molecule has 0 bridgehead atoms. The number of anilines is 2. The lowest BCUT2D eigenvalue weighted by molar-refractivity contribution is 0.832. The van der Waals surface area contributed by atoms with E-state index in [0.717, 1.165) is 49.2 Å². The van der Waals surface area contributed by atoms with Crippen molar-refractivity contribution in [2.24, 2.45) is 0 Å². The zero-order chi connectivity index (χ0) is 14.8. The lowest BCUT2D eigenvalue weighted by Crippen LogP contribution is -2.20. The minimum Gasteiger partial charge on any atom is -0.360 e. The third kappa shape index (κ3) is 2.66. The minimum atomic E-state index is 0.789. The molecule has 3 rings (SSSR count). The average molecular weight is 284 g/mol. The molecule has 0 N–H and O–H groups in total. The molecule has 0 aromatic carbocycles. The van der Waals surface area contributed by atoms with Gasteiger partial charge in [-0.1, -0.05) is 6.92 Å². The Kier molecular flexibility index (Phi) is 3.68. The largest absolute Gasteiger partial charge is 0.360 e. The van der Waals surface area contributed by atoms with Crippen LogP contribution in [0.1, 0.15) is 30.9 Å². The van der Waals surface area contributed by atoms with Crippen molar-refractivity contribution in [1.82, 2.24) is 19.9 Å². The van der Waals surface area contributed by atoms with E-state index in [9.17, 15) is 0 Å². The van der Waals surface area contributed by atoms with Crippen LogP contribution in [0, 0.1) is 0 Å². The van der Waals surface area contributed by atoms with Gasteiger partial charge in [0.1, 0.15) is 23.8 Å². The van der Waals surface area contributed by atoms with E-state index in [0.29, 0.717) is 0 Å². The zero-order valence-electron chi connectivity index (χ0n) is 12.7. The molecule has 0 aliphatic carbocycles. The second kappa shape index (κ2) is 5.63. The SMILES string of the molecule is CCc1ncc2c(n1)CN(c1cc(N(C)CC)ncn1)C2. The molecule has 6 heteroatoms. The van der Waals surface area contributed by atoms with Crippen LogP contribution in [0.5, 0.6) is 0 Å². The van der Waals surface area contributed by atoms with Gasteiger partial charge in [0.15, 0.2) is 0 Å². The van der Waals surface area contributed by atoms with Crippen molar-refractivity contribution in [3.8, 4) is 0 Å². The van der Waals surface area contributed by atoms with E-state index in [1.54, 1.807) is 6.33 Å². The second-order valence-electron chi connectivity index (χ2n) is 5.22. The number of fused-ring (bicyclic) bond motifs is 1. The van der Waals surface area contributed by atoms with Gasteiger partial charge in [-0.3, -0.25) is 0 Å². The molecule has 0 unspecified atom stereocenters. The third-order valence-electron chi connectivity index (χ3n) is 3.85. The zero-order valence-corrected chi connectivity index (χ0v) is 12.7. The van der Waals surface area contributed by atoms with Crippen LogP contribution in [-0.2, 0) is 19.5 Å². The van der Waals surface area contributed by atoms with Crippen molar-refractivity contribution >= 4 is 11.6 Å². The van der Waals surface area contributed by atoms with Crippen molar-refractivity contribution in [1.29, 1.82) is 0 Å².